The zero-order chi connectivity index (χ0) is 14.7. The van der Waals surface area contributed by atoms with Gasteiger partial charge in [0.25, 0.3) is 0 Å². The van der Waals surface area contributed by atoms with Crippen LogP contribution >= 0.6 is 0 Å². The fourth-order valence-corrected chi connectivity index (χ4v) is 2.14. The monoisotopic (exact) mass is 277 g/mol. The summed E-state index contributed by atoms with van der Waals surface area (Å²) in [5.74, 6) is 0.851. The number of nitrogens with one attached hydrogen (secondary N) is 1. The van der Waals surface area contributed by atoms with E-state index in [9.17, 15) is 0 Å². The predicted molar refractivity (Wildman–Crippen MR) is 74.0 cm³/mol. The third-order valence-corrected chi connectivity index (χ3v) is 3.04. The van der Waals surface area contributed by atoms with Crippen LogP contribution in [-0.4, -0.2) is 41.0 Å². The second-order valence-corrected chi connectivity index (χ2v) is 4.36. The van der Waals surface area contributed by atoms with E-state index in [-0.39, 0.29) is 6.04 Å². The highest BCUT2D eigenvalue weighted by atomic mass is 16.5. The van der Waals surface area contributed by atoms with Crippen LogP contribution in [0.2, 0.25) is 0 Å². The van der Waals surface area contributed by atoms with E-state index in [2.05, 4.69) is 20.4 Å². The van der Waals surface area contributed by atoms with Gasteiger partial charge in [0, 0.05) is 7.05 Å². The van der Waals surface area contributed by atoms with Crippen molar-refractivity contribution in [2.24, 2.45) is 7.05 Å². The molecule has 2 aromatic rings. The Morgan fingerprint density at radius 1 is 1.30 bits per heavy atom. The number of rotatable bonds is 5. The zero-order valence-corrected chi connectivity index (χ0v) is 12.3. The predicted octanol–water partition coefficient (Wildman–Crippen LogP) is 0.845. The van der Waals surface area contributed by atoms with Crippen LogP contribution in [0.5, 0.6) is 11.8 Å². The Kier molecular flexibility index (Phi) is 4.19. The quantitative estimate of drug-likeness (QED) is 0.873. The molecule has 0 spiro atoms. The summed E-state index contributed by atoms with van der Waals surface area (Å²) < 4.78 is 12.2. The topological polar surface area (TPSA) is 74.1 Å². The van der Waals surface area contributed by atoms with Crippen LogP contribution in [0.15, 0.2) is 12.3 Å². The van der Waals surface area contributed by atoms with E-state index < -0.39 is 0 Å². The van der Waals surface area contributed by atoms with Crippen molar-refractivity contribution in [1.82, 2.24) is 25.1 Å². The molecule has 0 amide bonds. The molecule has 108 valence electrons. The van der Waals surface area contributed by atoms with Crippen LogP contribution in [0.4, 0.5) is 0 Å². The van der Waals surface area contributed by atoms with Crippen LogP contribution < -0.4 is 14.8 Å². The van der Waals surface area contributed by atoms with Gasteiger partial charge in [0.15, 0.2) is 0 Å². The third kappa shape index (κ3) is 2.57. The van der Waals surface area contributed by atoms with Crippen LogP contribution in [0, 0.1) is 6.92 Å². The van der Waals surface area contributed by atoms with E-state index in [0.717, 1.165) is 11.4 Å². The van der Waals surface area contributed by atoms with E-state index in [1.807, 2.05) is 31.8 Å². The van der Waals surface area contributed by atoms with Crippen molar-refractivity contribution in [3.8, 4) is 11.8 Å². The van der Waals surface area contributed by atoms with E-state index in [4.69, 9.17) is 9.47 Å². The molecule has 1 unspecified atom stereocenters. The first-order chi connectivity index (χ1) is 9.60. The van der Waals surface area contributed by atoms with Crippen molar-refractivity contribution < 1.29 is 9.47 Å². The molecule has 0 aliphatic rings. The molecule has 0 radical (unpaired) electrons. The summed E-state index contributed by atoms with van der Waals surface area (Å²) >= 11 is 0. The van der Waals surface area contributed by atoms with Crippen molar-refractivity contribution in [3.05, 3.63) is 29.3 Å². The first-order valence-corrected chi connectivity index (χ1v) is 6.23. The lowest BCUT2D eigenvalue weighted by Crippen LogP contribution is -2.22. The van der Waals surface area contributed by atoms with E-state index in [1.165, 1.54) is 0 Å². The zero-order valence-electron chi connectivity index (χ0n) is 12.3. The van der Waals surface area contributed by atoms with Gasteiger partial charge < -0.3 is 14.8 Å². The van der Waals surface area contributed by atoms with Gasteiger partial charge in [0.1, 0.15) is 5.69 Å². The molecule has 2 rings (SSSR count). The second kappa shape index (κ2) is 5.87. The molecule has 0 bridgehead atoms. The van der Waals surface area contributed by atoms with Crippen LogP contribution in [0.3, 0.4) is 0 Å². The fraction of sp³-hybridized carbons (Fsp3) is 0.462. The van der Waals surface area contributed by atoms with Gasteiger partial charge in [0.2, 0.25) is 11.8 Å². The number of aromatic nitrogens is 4. The summed E-state index contributed by atoms with van der Waals surface area (Å²) in [7, 11) is 6.87. The highest BCUT2D eigenvalue weighted by Gasteiger charge is 2.23. The number of hydrogen-bond acceptors (Lipinski definition) is 6. The molecule has 2 aromatic heterocycles. The molecule has 7 heteroatoms. The Morgan fingerprint density at radius 2 is 2.05 bits per heavy atom. The molecule has 0 fully saturated rings. The number of hydrogen-bond donors (Lipinski definition) is 1. The average molecular weight is 277 g/mol. The molecule has 0 aliphatic carbocycles. The number of methoxy groups -OCH3 is 2. The Morgan fingerprint density at radius 3 is 2.55 bits per heavy atom. The molecule has 0 saturated carbocycles. The molecule has 1 atom stereocenters. The normalized spacial score (nSPS) is 12.2. The minimum atomic E-state index is -0.158. The summed E-state index contributed by atoms with van der Waals surface area (Å²) in [6, 6.07) is 1.85. The molecule has 0 aliphatic heterocycles. The summed E-state index contributed by atoms with van der Waals surface area (Å²) in [6.07, 6.45) is 1.57. The molecule has 20 heavy (non-hydrogen) atoms. The lowest BCUT2D eigenvalue weighted by molar-refractivity contribution is 0.352. The van der Waals surface area contributed by atoms with E-state index in [0.29, 0.717) is 17.5 Å². The maximum atomic E-state index is 5.32. The number of nitrogens with zero attached hydrogens (tertiary/aromatic N) is 4. The highest BCUT2D eigenvalue weighted by molar-refractivity contribution is 5.32. The maximum Gasteiger partial charge on any atom is 0.240 e. The summed E-state index contributed by atoms with van der Waals surface area (Å²) in [4.78, 5) is 8.67. The van der Waals surface area contributed by atoms with Crippen molar-refractivity contribution in [2.45, 2.75) is 13.0 Å². The van der Waals surface area contributed by atoms with Gasteiger partial charge in [0.05, 0.1) is 37.8 Å². The third-order valence-electron chi connectivity index (χ3n) is 3.04. The van der Waals surface area contributed by atoms with Crippen molar-refractivity contribution >= 4 is 0 Å². The van der Waals surface area contributed by atoms with Crippen molar-refractivity contribution in [1.29, 1.82) is 0 Å². The minimum Gasteiger partial charge on any atom is -0.480 e. The van der Waals surface area contributed by atoms with Crippen molar-refractivity contribution in [2.75, 3.05) is 21.3 Å². The van der Waals surface area contributed by atoms with E-state index >= 15 is 0 Å². The van der Waals surface area contributed by atoms with Gasteiger partial charge in [-0.1, -0.05) is 0 Å². The first-order valence-electron chi connectivity index (χ1n) is 6.23. The van der Waals surface area contributed by atoms with E-state index in [1.54, 1.807) is 20.4 Å². The Balaban J connectivity index is 2.49. The summed E-state index contributed by atoms with van der Waals surface area (Å²) in [5, 5.41) is 7.57. The molecule has 7 nitrogen and oxygen atoms in total. The van der Waals surface area contributed by atoms with Crippen LogP contribution in [0.1, 0.15) is 23.1 Å². The molecular formula is C13H19N5O2. The van der Waals surface area contributed by atoms with Gasteiger partial charge in [-0.2, -0.15) is 10.1 Å². The largest absolute Gasteiger partial charge is 0.480 e. The smallest absolute Gasteiger partial charge is 0.240 e. The molecule has 0 saturated heterocycles. The summed E-state index contributed by atoms with van der Waals surface area (Å²) in [5.41, 5.74) is 2.63. The average Bonchev–Trinajstić information content (AvgIpc) is 2.79. The SMILES string of the molecule is CNC(c1ncc(OC)nc1OC)c1cc(C)nn1C. The van der Waals surface area contributed by atoms with Gasteiger partial charge in [-0.3, -0.25) is 4.68 Å². The standard InChI is InChI=1S/C13H19N5O2/c1-8-6-9(18(3)17-8)11(14-2)12-13(20-5)16-10(19-4)7-15-12/h6-7,11,14H,1-5H3. The van der Waals surface area contributed by atoms with Crippen LogP contribution in [-0.2, 0) is 7.05 Å². The van der Waals surface area contributed by atoms with Gasteiger partial charge in [-0.05, 0) is 20.0 Å². The lowest BCUT2D eigenvalue weighted by atomic mass is 10.1. The molecule has 0 aromatic carbocycles. The Bertz CT molecular complexity index is 596. The Labute approximate surface area is 118 Å². The lowest BCUT2D eigenvalue weighted by Gasteiger charge is -2.18. The fourth-order valence-electron chi connectivity index (χ4n) is 2.14. The molecule has 2 heterocycles. The summed E-state index contributed by atoms with van der Waals surface area (Å²) in [6.45, 7) is 1.95. The number of ether oxygens (including phenoxy) is 2. The molecular weight excluding hydrogens is 258 g/mol. The number of aryl methyl sites for hydroxylation is 2. The van der Waals surface area contributed by atoms with Gasteiger partial charge in [-0.25, -0.2) is 4.98 Å². The van der Waals surface area contributed by atoms with Gasteiger partial charge in [-0.15, -0.1) is 0 Å². The maximum absolute atomic E-state index is 5.32. The van der Waals surface area contributed by atoms with Crippen molar-refractivity contribution in [3.63, 3.8) is 0 Å². The molecule has 1 N–H and O–H groups in total. The Hall–Kier alpha value is -2.15. The highest BCUT2D eigenvalue weighted by Crippen LogP contribution is 2.28. The van der Waals surface area contributed by atoms with Gasteiger partial charge >= 0.3 is 0 Å². The minimum absolute atomic E-state index is 0.158. The first kappa shape index (κ1) is 14.3. The second-order valence-electron chi connectivity index (χ2n) is 4.36. The van der Waals surface area contributed by atoms with Crippen LogP contribution in [0.25, 0.3) is 0 Å².